The lowest BCUT2D eigenvalue weighted by molar-refractivity contribution is -0.156. The van der Waals surface area contributed by atoms with Crippen LogP contribution < -0.4 is 36.6 Å². The van der Waals surface area contributed by atoms with Gasteiger partial charge in [0.15, 0.2) is 0 Å². The topological polar surface area (TPSA) is 250 Å². The van der Waals surface area contributed by atoms with E-state index in [1.54, 1.807) is 107 Å². The first-order valence-corrected chi connectivity index (χ1v) is 19.0. The van der Waals surface area contributed by atoms with Crippen LogP contribution in [-0.4, -0.2) is 96.1 Å². The molecule has 0 aromatic heterocycles. The van der Waals surface area contributed by atoms with Crippen LogP contribution in [0.15, 0.2) is 53.5 Å². The molecule has 0 aliphatic carbocycles. The van der Waals surface area contributed by atoms with Crippen LogP contribution in [0.5, 0.6) is 5.75 Å². The number of esters is 1. The molecule has 0 spiro atoms. The zero-order valence-corrected chi connectivity index (χ0v) is 36.4. The SMILES string of the molecule is CC(C)(C)OC(=O)C[C@H](NC(=O)CNC(=O)c1cccc(N=C(NC(=O)OC(C)(C)C)NC(=O)OC(C)(C)C)c1)C(=O)Nc1ccc(OCCNC(=O)OC(C)(C)C)cc1. The number of hydrogen-bond acceptors (Lipinski definition) is 13. The van der Waals surface area contributed by atoms with Gasteiger partial charge in [-0.3, -0.25) is 29.8 Å². The average molecular weight is 842 g/mol. The molecule has 1 atom stereocenters. The molecule has 2 aromatic carbocycles. The van der Waals surface area contributed by atoms with E-state index in [0.717, 1.165) is 0 Å². The number of hydrogen-bond donors (Lipinski definition) is 6. The summed E-state index contributed by atoms with van der Waals surface area (Å²) >= 11 is 0. The summed E-state index contributed by atoms with van der Waals surface area (Å²) in [7, 11) is 0. The highest BCUT2D eigenvalue weighted by Crippen LogP contribution is 2.18. The number of aliphatic imine (C=N–C) groups is 1. The van der Waals surface area contributed by atoms with Gasteiger partial charge in [0.1, 0.15) is 40.8 Å². The van der Waals surface area contributed by atoms with Crippen molar-refractivity contribution in [3.8, 4) is 5.75 Å². The third-order valence-corrected chi connectivity index (χ3v) is 6.60. The number of benzene rings is 2. The molecule has 19 nitrogen and oxygen atoms in total. The Balaban J connectivity index is 2.12. The number of anilines is 1. The van der Waals surface area contributed by atoms with Crippen molar-refractivity contribution < 1.29 is 57.2 Å². The van der Waals surface area contributed by atoms with Crippen molar-refractivity contribution in [2.24, 2.45) is 4.99 Å². The van der Waals surface area contributed by atoms with E-state index in [9.17, 15) is 33.6 Å². The molecule has 0 heterocycles. The number of ether oxygens (including phenoxy) is 5. The van der Waals surface area contributed by atoms with E-state index >= 15 is 0 Å². The third kappa shape index (κ3) is 21.9. The highest BCUT2D eigenvalue weighted by Gasteiger charge is 2.28. The molecule has 0 saturated heterocycles. The number of nitrogens with zero attached hydrogens (tertiary/aromatic N) is 1. The van der Waals surface area contributed by atoms with Crippen molar-refractivity contribution in [1.29, 1.82) is 0 Å². The minimum Gasteiger partial charge on any atom is -0.492 e. The Morgan fingerprint density at radius 3 is 1.72 bits per heavy atom. The average Bonchev–Trinajstić information content (AvgIpc) is 3.06. The smallest absolute Gasteiger partial charge is 0.414 e. The minimum absolute atomic E-state index is 0.0488. The minimum atomic E-state index is -1.40. The molecule has 0 fully saturated rings. The zero-order chi connectivity index (χ0) is 45.5. The number of amides is 6. The predicted octanol–water partition coefficient (Wildman–Crippen LogP) is 5.21. The number of carbonyl (C=O) groups excluding carboxylic acids is 7. The fourth-order valence-electron chi connectivity index (χ4n) is 4.50. The fraction of sp³-hybridized carbons (Fsp3) is 0.512. The second-order valence-electron chi connectivity index (χ2n) is 17.1. The van der Waals surface area contributed by atoms with Gasteiger partial charge in [-0.15, -0.1) is 0 Å². The molecule has 6 amide bonds. The lowest BCUT2D eigenvalue weighted by atomic mass is 10.1. The van der Waals surface area contributed by atoms with Crippen LogP contribution in [0.3, 0.4) is 0 Å². The monoisotopic (exact) mass is 841 g/mol. The maximum atomic E-state index is 13.4. The molecule has 0 saturated carbocycles. The molecule has 0 radical (unpaired) electrons. The number of nitrogens with one attached hydrogen (secondary N) is 6. The molecule has 60 heavy (non-hydrogen) atoms. The van der Waals surface area contributed by atoms with Crippen LogP contribution in [-0.2, 0) is 33.3 Å². The molecule has 2 aromatic rings. The lowest BCUT2D eigenvalue weighted by Crippen LogP contribution is -2.48. The van der Waals surface area contributed by atoms with E-state index in [-0.39, 0.29) is 30.4 Å². The third-order valence-electron chi connectivity index (χ3n) is 6.60. The Hall–Kier alpha value is -6.40. The van der Waals surface area contributed by atoms with Gasteiger partial charge in [0.25, 0.3) is 5.91 Å². The van der Waals surface area contributed by atoms with Gasteiger partial charge in [-0.2, -0.15) is 0 Å². The summed E-state index contributed by atoms with van der Waals surface area (Å²) in [6.45, 7) is 19.9. The van der Waals surface area contributed by atoms with Crippen molar-refractivity contribution in [3.63, 3.8) is 0 Å². The number of carbonyl (C=O) groups is 7. The fourth-order valence-corrected chi connectivity index (χ4v) is 4.50. The second-order valence-corrected chi connectivity index (χ2v) is 17.1. The van der Waals surface area contributed by atoms with Crippen molar-refractivity contribution in [2.75, 3.05) is 25.0 Å². The first kappa shape index (κ1) is 49.7. The molecule has 0 aliphatic rings. The maximum absolute atomic E-state index is 13.4. The van der Waals surface area contributed by atoms with Crippen molar-refractivity contribution >= 4 is 59.3 Å². The first-order valence-electron chi connectivity index (χ1n) is 19.0. The molecule has 6 N–H and O–H groups in total. The summed E-state index contributed by atoms with van der Waals surface area (Å²) in [5.74, 6) is -2.90. The van der Waals surface area contributed by atoms with E-state index in [0.29, 0.717) is 11.4 Å². The molecule has 0 bridgehead atoms. The second kappa shape index (κ2) is 21.6. The number of rotatable bonds is 13. The highest BCUT2D eigenvalue weighted by atomic mass is 16.6. The molecule has 2 rings (SSSR count). The predicted molar refractivity (Wildman–Crippen MR) is 222 cm³/mol. The first-order chi connectivity index (χ1) is 27.6. The van der Waals surface area contributed by atoms with Crippen molar-refractivity contribution in [1.82, 2.24) is 26.6 Å². The molecule has 19 heteroatoms. The van der Waals surface area contributed by atoms with E-state index in [4.69, 9.17) is 23.7 Å². The molecule has 0 unspecified atom stereocenters. The summed E-state index contributed by atoms with van der Waals surface area (Å²) < 4.78 is 26.7. The van der Waals surface area contributed by atoms with Gasteiger partial charge in [-0.1, -0.05) is 6.07 Å². The normalized spacial score (nSPS) is 12.0. The van der Waals surface area contributed by atoms with Crippen molar-refractivity contribution in [3.05, 3.63) is 54.1 Å². The largest absolute Gasteiger partial charge is 0.492 e. The van der Waals surface area contributed by atoms with Crippen LogP contribution in [0.1, 0.15) is 99.9 Å². The Bertz CT molecular complexity index is 1840. The lowest BCUT2D eigenvalue weighted by Gasteiger charge is -2.23. The quantitative estimate of drug-likeness (QED) is 0.0500. The van der Waals surface area contributed by atoms with E-state index in [2.05, 4.69) is 36.9 Å². The van der Waals surface area contributed by atoms with Gasteiger partial charge in [0.05, 0.1) is 25.2 Å². The van der Waals surface area contributed by atoms with E-state index < -0.39 is 83.4 Å². The standard InChI is InChI=1S/C41H59N7O12/c1-38(2,3)57-31(50)23-29(33(52)44-26-16-18-28(19-17-26)56-21-20-42-35(53)58-39(4,5)6)46-30(49)24-43-32(51)25-14-13-15-27(22-25)45-34(47-36(54)59-40(7,8)9)48-37(55)60-41(10,11)12/h13-19,22,29H,20-21,23-24H2,1-12H3,(H,42,53)(H,43,51)(H,44,52)(H,46,49)(H2,45,47,48,54,55)/t29-/m0/s1. The van der Waals surface area contributed by atoms with Crippen LogP contribution >= 0.6 is 0 Å². The van der Waals surface area contributed by atoms with Crippen LogP contribution in [0.4, 0.5) is 25.8 Å². The zero-order valence-electron chi connectivity index (χ0n) is 36.4. The van der Waals surface area contributed by atoms with Crippen LogP contribution in [0, 0.1) is 0 Å². The Morgan fingerprint density at radius 2 is 1.18 bits per heavy atom. The Kier molecular flexibility index (Phi) is 17.9. The summed E-state index contributed by atoms with van der Waals surface area (Å²) in [6, 6.07) is 10.6. The highest BCUT2D eigenvalue weighted by molar-refractivity contribution is 6.03. The van der Waals surface area contributed by atoms with E-state index in [1.807, 2.05) is 0 Å². The van der Waals surface area contributed by atoms with Gasteiger partial charge in [-0.25, -0.2) is 19.4 Å². The number of guanidine groups is 1. The summed E-state index contributed by atoms with van der Waals surface area (Å²) in [4.78, 5) is 93.4. The molecule has 330 valence electrons. The van der Waals surface area contributed by atoms with Crippen molar-refractivity contribution in [2.45, 2.75) is 118 Å². The van der Waals surface area contributed by atoms with Gasteiger partial charge in [0, 0.05) is 11.3 Å². The summed E-state index contributed by atoms with van der Waals surface area (Å²) in [6.07, 6.45) is -2.93. The molecular formula is C41H59N7O12. The van der Waals surface area contributed by atoms with E-state index in [1.165, 1.54) is 24.3 Å². The Morgan fingerprint density at radius 1 is 0.650 bits per heavy atom. The summed E-state index contributed by atoms with van der Waals surface area (Å²) in [5, 5.41) is 14.9. The van der Waals surface area contributed by atoms with Gasteiger partial charge in [-0.05, 0) is 126 Å². The summed E-state index contributed by atoms with van der Waals surface area (Å²) in [5.41, 5.74) is -2.73. The maximum Gasteiger partial charge on any atom is 0.414 e. The van der Waals surface area contributed by atoms with Gasteiger partial charge >= 0.3 is 24.2 Å². The van der Waals surface area contributed by atoms with Gasteiger partial charge in [0.2, 0.25) is 17.8 Å². The number of alkyl carbamates (subject to hydrolysis) is 3. The van der Waals surface area contributed by atoms with Gasteiger partial charge < -0.3 is 45.0 Å². The van der Waals surface area contributed by atoms with Crippen LogP contribution in [0.2, 0.25) is 0 Å². The Labute approximate surface area is 350 Å². The molecule has 0 aliphatic heterocycles. The molecular weight excluding hydrogens is 782 g/mol. The van der Waals surface area contributed by atoms with Crippen LogP contribution in [0.25, 0.3) is 0 Å².